The minimum Gasteiger partial charge on any atom is -0.496 e. The Hall–Kier alpha value is -2.18. The van der Waals surface area contributed by atoms with Crippen molar-refractivity contribution in [3.8, 4) is 5.75 Å². The third kappa shape index (κ3) is 2.63. The highest BCUT2D eigenvalue weighted by Gasteiger charge is 2.17. The highest BCUT2D eigenvalue weighted by atomic mass is 35.5. The molecule has 0 spiro atoms. The molecule has 0 bridgehead atoms. The van der Waals surface area contributed by atoms with Crippen molar-refractivity contribution < 1.29 is 13.2 Å². The average Bonchev–Trinajstić information content (AvgIpc) is 2.97. The molecule has 0 amide bonds. The highest BCUT2D eigenvalue weighted by molar-refractivity contribution is 7.92. The van der Waals surface area contributed by atoms with Crippen molar-refractivity contribution in [2.45, 2.75) is 4.90 Å². The molecule has 0 saturated heterocycles. The van der Waals surface area contributed by atoms with E-state index in [0.29, 0.717) is 22.0 Å². The summed E-state index contributed by atoms with van der Waals surface area (Å²) >= 11 is 5.86. The standard InChI is InChI=1S/C15H13ClN2O3S/c1-21-14-6-5-13(15-12(14)7-8-17-15)18-22(19,20)11-4-2-3-10(16)9-11/h2-9,17-18H,1H3. The van der Waals surface area contributed by atoms with Crippen LogP contribution in [-0.2, 0) is 10.0 Å². The molecule has 0 fully saturated rings. The largest absolute Gasteiger partial charge is 0.496 e. The van der Waals surface area contributed by atoms with Crippen LogP contribution in [0.25, 0.3) is 10.9 Å². The second-order valence-corrected chi connectivity index (χ2v) is 6.76. The molecule has 5 nitrogen and oxygen atoms in total. The molecule has 0 unspecified atom stereocenters. The minimum absolute atomic E-state index is 0.107. The van der Waals surface area contributed by atoms with Crippen molar-refractivity contribution in [3.63, 3.8) is 0 Å². The molecule has 2 N–H and O–H groups in total. The van der Waals surface area contributed by atoms with E-state index in [1.165, 1.54) is 12.1 Å². The van der Waals surface area contributed by atoms with Gasteiger partial charge in [0.15, 0.2) is 0 Å². The van der Waals surface area contributed by atoms with Gasteiger partial charge in [-0.2, -0.15) is 0 Å². The Bertz CT molecular complexity index is 935. The maximum Gasteiger partial charge on any atom is 0.262 e. The molecule has 3 rings (SSSR count). The Balaban J connectivity index is 2.05. The third-order valence-electron chi connectivity index (χ3n) is 3.25. The first-order chi connectivity index (χ1) is 10.5. The fourth-order valence-electron chi connectivity index (χ4n) is 2.23. The first-order valence-electron chi connectivity index (χ1n) is 6.44. The highest BCUT2D eigenvalue weighted by Crippen LogP contribution is 2.32. The van der Waals surface area contributed by atoms with Gasteiger partial charge in [-0.25, -0.2) is 8.42 Å². The Morgan fingerprint density at radius 3 is 2.73 bits per heavy atom. The number of H-pyrrole nitrogens is 1. The van der Waals surface area contributed by atoms with Gasteiger partial charge in [0.25, 0.3) is 10.0 Å². The van der Waals surface area contributed by atoms with E-state index in [0.717, 1.165) is 5.39 Å². The number of nitrogens with one attached hydrogen (secondary N) is 2. The first kappa shape index (κ1) is 14.7. The second kappa shape index (κ2) is 5.55. The molecule has 2 aromatic carbocycles. The van der Waals surface area contributed by atoms with Gasteiger partial charge >= 0.3 is 0 Å². The molecule has 0 aliphatic heterocycles. The molecule has 1 heterocycles. The van der Waals surface area contributed by atoms with Gasteiger partial charge in [-0.05, 0) is 36.4 Å². The fourth-order valence-corrected chi connectivity index (χ4v) is 3.60. The van der Waals surface area contributed by atoms with E-state index in [1.54, 1.807) is 37.6 Å². The lowest BCUT2D eigenvalue weighted by Crippen LogP contribution is -2.13. The van der Waals surface area contributed by atoms with Gasteiger partial charge in [-0.15, -0.1) is 0 Å². The number of aromatic nitrogens is 1. The zero-order valence-electron chi connectivity index (χ0n) is 11.6. The van der Waals surface area contributed by atoms with E-state index in [4.69, 9.17) is 16.3 Å². The number of fused-ring (bicyclic) bond motifs is 1. The molecule has 0 saturated carbocycles. The van der Waals surface area contributed by atoms with E-state index in [1.807, 2.05) is 6.07 Å². The Labute approximate surface area is 132 Å². The number of anilines is 1. The van der Waals surface area contributed by atoms with Gasteiger partial charge < -0.3 is 9.72 Å². The van der Waals surface area contributed by atoms with Gasteiger partial charge in [0.2, 0.25) is 0 Å². The van der Waals surface area contributed by atoms with Crippen LogP contribution in [0.3, 0.4) is 0 Å². The summed E-state index contributed by atoms with van der Waals surface area (Å²) in [5.74, 6) is 0.668. The summed E-state index contributed by atoms with van der Waals surface area (Å²) in [4.78, 5) is 3.12. The molecular weight excluding hydrogens is 324 g/mol. The van der Waals surface area contributed by atoms with Crippen molar-refractivity contribution in [1.82, 2.24) is 4.98 Å². The van der Waals surface area contributed by atoms with Gasteiger partial charge in [0.1, 0.15) is 5.75 Å². The monoisotopic (exact) mass is 336 g/mol. The zero-order chi connectivity index (χ0) is 15.7. The lowest BCUT2D eigenvalue weighted by Gasteiger charge is -2.11. The number of rotatable bonds is 4. The van der Waals surface area contributed by atoms with Crippen molar-refractivity contribution in [3.05, 3.63) is 53.7 Å². The van der Waals surface area contributed by atoms with Crippen molar-refractivity contribution in [2.75, 3.05) is 11.8 Å². The molecule has 0 aliphatic rings. The van der Waals surface area contributed by atoms with Crippen LogP contribution in [0.5, 0.6) is 5.75 Å². The van der Waals surface area contributed by atoms with Crippen LogP contribution in [0.2, 0.25) is 5.02 Å². The normalized spacial score (nSPS) is 11.5. The van der Waals surface area contributed by atoms with E-state index in [-0.39, 0.29) is 4.90 Å². The predicted molar refractivity (Wildman–Crippen MR) is 87.1 cm³/mol. The summed E-state index contributed by atoms with van der Waals surface area (Å²) in [6, 6.07) is 11.3. The maximum atomic E-state index is 12.5. The molecule has 1 aromatic heterocycles. The summed E-state index contributed by atoms with van der Waals surface area (Å²) < 4.78 is 32.7. The Morgan fingerprint density at radius 2 is 2.00 bits per heavy atom. The lowest BCUT2D eigenvalue weighted by atomic mass is 10.2. The predicted octanol–water partition coefficient (Wildman–Crippen LogP) is 3.63. The van der Waals surface area contributed by atoms with Crippen LogP contribution in [0, 0.1) is 0 Å². The molecule has 0 radical (unpaired) electrons. The van der Waals surface area contributed by atoms with Crippen molar-refractivity contribution in [2.24, 2.45) is 0 Å². The van der Waals surface area contributed by atoms with Crippen LogP contribution >= 0.6 is 11.6 Å². The van der Waals surface area contributed by atoms with Crippen LogP contribution in [0.15, 0.2) is 53.6 Å². The number of methoxy groups -OCH3 is 1. The van der Waals surface area contributed by atoms with E-state index in [9.17, 15) is 8.42 Å². The minimum atomic E-state index is -3.72. The second-order valence-electron chi connectivity index (χ2n) is 4.64. The summed E-state index contributed by atoms with van der Waals surface area (Å²) in [7, 11) is -2.15. The Morgan fingerprint density at radius 1 is 1.18 bits per heavy atom. The summed E-state index contributed by atoms with van der Waals surface area (Å²) in [6.07, 6.45) is 1.73. The number of ether oxygens (including phenoxy) is 1. The number of hydrogen-bond donors (Lipinski definition) is 2. The number of halogens is 1. The molecule has 0 atom stereocenters. The molecule has 7 heteroatoms. The number of benzene rings is 2. The summed E-state index contributed by atoms with van der Waals surface area (Å²) in [6.45, 7) is 0. The van der Waals surface area contributed by atoms with E-state index in [2.05, 4.69) is 9.71 Å². The average molecular weight is 337 g/mol. The van der Waals surface area contributed by atoms with Crippen LogP contribution in [0.4, 0.5) is 5.69 Å². The van der Waals surface area contributed by atoms with Crippen LogP contribution in [0.1, 0.15) is 0 Å². The fraction of sp³-hybridized carbons (Fsp3) is 0.0667. The molecule has 22 heavy (non-hydrogen) atoms. The molecule has 3 aromatic rings. The Kier molecular flexibility index (Phi) is 3.72. The smallest absolute Gasteiger partial charge is 0.262 e. The van der Waals surface area contributed by atoms with Gasteiger partial charge in [-0.3, -0.25) is 4.72 Å². The number of sulfonamides is 1. The molecule has 114 valence electrons. The summed E-state index contributed by atoms with van der Waals surface area (Å²) in [5, 5.41) is 1.16. The lowest BCUT2D eigenvalue weighted by molar-refractivity contribution is 0.420. The third-order valence-corrected chi connectivity index (χ3v) is 4.85. The van der Waals surface area contributed by atoms with Gasteiger partial charge in [0.05, 0.1) is 23.2 Å². The van der Waals surface area contributed by atoms with Crippen molar-refractivity contribution in [1.29, 1.82) is 0 Å². The number of hydrogen-bond acceptors (Lipinski definition) is 3. The van der Waals surface area contributed by atoms with Crippen LogP contribution < -0.4 is 9.46 Å². The quantitative estimate of drug-likeness (QED) is 0.764. The SMILES string of the molecule is COc1ccc(NS(=O)(=O)c2cccc(Cl)c2)c2[nH]ccc12. The van der Waals surface area contributed by atoms with E-state index >= 15 is 0 Å². The molecule has 0 aliphatic carbocycles. The van der Waals surface area contributed by atoms with E-state index < -0.39 is 10.0 Å². The van der Waals surface area contributed by atoms with Gasteiger partial charge in [-0.1, -0.05) is 17.7 Å². The zero-order valence-corrected chi connectivity index (χ0v) is 13.2. The van der Waals surface area contributed by atoms with Gasteiger partial charge in [0, 0.05) is 16.6 Å². The maximum absolute atomic E-state index is 12.5. The number of aromatic amines is 1. The summed E-state index contributed by atoms with van der Waals surface area (Å²) in [5.41, 5.74) is 1.10. The van der Waals surface area contributed by atoms with Crippen LogP contribution in [-0.4, -0.2) is 20.5 Å². The first-order valence-corrected chi connectivity index (χ1v) is 8.30. The topological polar surface area (TPSA) is 71.2 Å². The van der Waals surface area contributed by atoms with Crippen molar-refractivity contribution >= 4 is 38.2 Å². The molecular formula is C15H13ClN2O3S.